The number of aryl methyl sites for hydroxylation is 1. The maximum Gasteiger partial charge on any atom is 0.0305 e. The highest BCUT2D eigenvalue weighted by atomic mass is 32.1. The van der Waals surface area contributed by atoms with Crippen LogP contribution < -0.4 is 10.6 Å². The van der Waals surface area contributed by atoms with Crippen molar-refractivity contribution in [2.24, 2.45) is 0 Å². The van der Waals surface area contributed by atoms with Crippen molar-refractivity contribution < 1.29 is 0 Å². The third-order valence-electron chi connectivity index (χ3n) is 2.77. The Bertz CT molecular complexity index is 325. The van der Waals surface area contributed by atoms with Crippen molar-refractivity contribution >= 4 is 11.3 Å². The lowest BCUT2D eigenvalue weighted by Crippen LogP contribution is -2.44. The van der Waals surface area contributed by atoms with Gasteiger partial charge in [-0.15, -0.1) is 11.3 Å². The Balaban J connectivity index is 2.31. The lowest BCUT2D eigenvalue weighted by molar-refractivity contribution is 0.387. The first-order chi connectivity index (χ1) is 7.92. The van der Waals surface area contributed by atoms with E-state index < -0.39 is 0 Å². The van der Waals surface area contributed by atoms with Crippen LogP contribution in [0, 0.1) is 0 Å². The summed E-state index contributed by atoms with van der Waals surface area (Å²) in [6.07, 6.45) is 1.13. The Labute approximate surface area is 110 Å². The summed E-state index contributed by atoms with van der Waals surface area (Å²) in [6.45, 7) is 13.1. The van der Waals surface area contributed by atoms with Crippen LogP contribution in [-0.4, -0.2) is 18.1 Å². The fourth-order valence-corrected chi connectivity index (χ4v) is 2.56. The lowest BCUT2D eigenvalue weighted by atomic mass is 10.1. The Morgan fingerprint density at radius 2 is 2.06 bits per heavy atom. The second-order valence-corrected chi connectivity index (χ2v) is 6.64. The van der Waals surface area contributed by atoms with Crippen molar-refractivity contribution in [3.05, 3.63) is 21.9 Å². The summed E-state index contributed by atoms with van der Waals surface area (Å²) < 4.78 is 0. The summed E-state index contributed by atoms with van der Waals surface area (Å²) in [7, 11) is 0. The summed E-state index contributed by atoms with van der Waals surface area (Å²) in [4.78, 5) is 1.48. The van der Waals surface area contributed by atoms with Gasteiger partial charge in [-0.05, 0) is 51.1 Å². The average Bonchev–Trinajstić information content (AvgIpc) is 2.69. The molecule has 1 unspecified atom stereocenters. The molecule has 17 heavy (non-hydrogen) atoms. The molecular formula is C14H26N2S. The second kappa shape index (κ2) is 6.53. The first kappa shape index (κ1) is 14.7. The molecule has 3 heteroatoms. The summed E-state index contributed by atoms with van der Waals surface area (Å²) in [5.41, 5.74) is 1.69. The first-order valence-corrected chi connectivity index (χ1v) is 7.34. The molecule has 2 N–H and O–H groups in total. The molecule has 98 valence electrons. The summed E-state index contributed by atoms with van der Waals surface area (Å²) in [6, 6.07) is 2.74. The van der Waals surface area contributed by atoms with Gasteiger partial charge in [0, 0.05) is 29.5 Å². The Morgan fingerprint density at radius 1 is 1.35 bits per heavy atom. The highest BCUT2D eigenvalue weighted by Crippen LogP contribution is 2.17. The van der Waals surface area contributed by atoms with E-state index in [-0.39, 0.29) is 5.54 Å². The molecule has 0 aliphatic rings. The summed E-state index contributed by atoms with van der Waals surface area (Å²) in [5.74, 6) is 0. The number of nitrogens with one attached hydrogen (secondary N) is 2. The molecule has 1 aromatic rings. The quantitative estimate of drug-likeness (QED) is 0.815. The van der Waals surface area contributed by atoms with Gasteiger partial charge < -0.3 is 10.6 Å². The van der Waals surface area contributed by atoms with Gasteiger partial charge in [-0.2, -0.15) is 0 Å². The molecule has 0 aromatic carbocycles. The molecule has 1 aromatic heterocycles. The Morgan fingerprint density at radius 3 is 2.65 bits per heavy atom. The van der Waals surface area contributed by atoms with Crippen molar-refractivity contribution in [2.75, 3.05) is 6.54 Å². The van der Waals surface area contributed by atoms with Crippen LogP contribution in [-0.2, 0) is 13.0 Å². The lowest BCUT2D eigenvalue weighted by Gasteiger charge is -2.24. The van der Waals surface area contributed by atoms with E-state index in [0.717, 1.165) is 19.5 Å². The molecule has 0 aliphatic carbocycles. The first-order valence-electron chi connectivity index (χ1n) is 6.46. The highest BCUT2D eigenvalue weighted by molar-refractivity contribution is 7.10. The van der Waals surface area contributed by atoms with E-state index >= 15 is 0 Å². The predicted molar refractivity (Wildman–Crippen MR) is 77.8 cm³/mol. The number of hydrogen-bond donors (Lipinski definition) is 2. The molecule has 0 saturated heterocycles. The fourth-order valence-electron chi connectivity index (χ4n) is 1.64. The monoisotopic (exact) mass is 254 g/mol. The van der Waals surface area contributed by atoms with E-state index in [2.05, 4.69) is 56.7 Å². The van der Waals surface area contributed by atoms with Gasteiger partial charge in [-0.3, -0.25) is 0 Å². The molecule has 1 atom stereocenters. The van der Waals surface area contributed by atoms with Crippen LogP contribution in [0.4, 0.5) is 0 Å². The molecule has 1 rings (SSSR count). The van der Waals surface area contributed by atoms with E-state index in [9.17, 15) is 0 Å². The summed E-state index contributed by atoms with van der Waals surface area (Å²) in [5, 5.41) is 9.29. The van der Waals surface area contributed by atoms with Crippen molar-refractivity contribution in [1.82, 2.24) is 10.6 Å². The molecular weight excluding hydrogens is 228 g/mol. The minimum atomic E-state index is 0.202. The van der Waals surface area contributed by atoms with E-state index in [1.54, 1.807) is 0 Å². The van der Waals surface area contributed by atoms with Gasteiger partial charge in [0.25, 0.3) is 0 Å². The van der Waals surface area contributed by atoms with Crippen molar-refractivity contribution in [3.63, 3.8) is 0 Å². The molecule has 0 spiro atoms. The fraction of sp³-hybridized carbons (Fsp3) is 0.714. The largest absolute Gasteiger partial charge is 0.311 e. The van der Waals surface area contributed by atoms with Gasteiger partial charge >= 0.3 is 0 Å². The van der Waals surface area contributed by atoms with Gasteiger partial charge in [-0.1, -0.05) is 6.92 Å². The van der Waals surface area contributed by atoms with Crippen LogP contribution in [0.5, 0.6) is 0 Å². The average molecular weight is 254 g/mol. The van der Waals surface area contributed by atoms with Crippen LogP contribution in [0.2, 0.25) is 0 Å². The minimum absolute atomic E-state index is 0.202. The van der Waals surface area contributed by atoms with Gasteiger partial charge in [0.15, 0.2) is 0 Å². The van der Waals surface area contributed by atoms with Crippen LogP contribution >= 0.6 is 11.3 Å². The molecule has 0 saturated carbocycles. The molecule has 0 radical (unpaired) electrons. The van der Waals surface area contributed by atoms with Gasteiger partial charge in [0.2, 0.25) is 0 Å². The number of thiophene rings is 1. The van der Waals surface area contributed by atoms with Gasteiger partial charge in [0.1, 0.15) is 0 Å². The molecule has 1 heterocycles. The molecule has 2 nitrogen and oxygen atoms in total. The topological polar surface area (TPSA) is 24.1 Å². The van der Waals surface area contributed by atoms with Crippen molar-refractivity contribution in [3.8, 4) is 0 Å². The summed E-state index contributed by atoms with van der Waals surface area (Å²) >= 11 is 1.86. The molecule has 0 fully saturated rings. The standard InChI is InChI=1S/C14H26N2S/c1-6-12-7-8-17-13(12)10-15-11(2)9-16-14(3,4)5/h7-8,11,15-16H,6,9-10H2,1-5H3. The van der Waals surface area contributed by atoms with E-state index in [1.165, 1.54) is 10.4 Å². The van der Waals surface area contributed by atoms with E-state index in [0.29, 0.717) is 6.04 Å². The zero-order valence-corrected chi connectivity index (χ0v) is 12.6. The zero-order chi connectivity index (χ0) is 12.9. The molecule has 0 bridgehead atoms. The Kier molecular flexibility index (Phi) is 5.63. The third kappa shape index (κ3) is 5.66. The van der Waals surface area contributed by atoms with Crippen molar-refractivity contribution in [1.29, 1.82) is 0 Å². The van der Waals surface area contributed by atoms with Crippen LogP contribution in [0.3, 0.4) is 0 Å². The van der Waals surface area contributed by atoms with Gasteiger partial charge in [-0.25, -0.2) is 0 Å². The SMILES string of the molecule is CCc1ccsc1CNC(C)CNC(C)(C)C. The zero-order valence-electron chi connectivity index (χ0n) is 11.8. The normalized spacial score (nSPS) is 13.9. The molecule has 0 amide bonds. The van der Waals surface area contributed by atoms with Gasteiger partial charge in [0.05, 0.1) is 0 Å². The minimum Gasteiger partial charge on any atom is -0.311 e. The maximum atomic E-state index is 3.58. The predicted octanol–water partition coefficient (Wildman–Crippen LogP) is 3.18. The number of hydrogen-bond acceptors (Lipinski definition) is 3. The highest BCUT2D eigenvalue weighted by Gasteiger charge is 2.11. The third-order valence-corrected chi connectivity index (χ3v) is 3.73. The maximum absolute atomic E-state index is 3.58. The molecule has 0 aliphatic heterocycles. The smallest absolute Gasteiger partial charge is 0.0305 e. The van der Waals surface area contributed by atoms with E-state index in [1.807, 2.05) is 11.3 Å². The van der Waals surface area contributed by atoms with E-state index in [4.69, 9.17) is 0 Å². The van der Waals surface area contributed by atoms with Crippen molar-refractivity contribution in [2.45, 2.75) is 59.2 Å². The number of rotatable bonds is 6. The second-order valence-electron chi connectivity index (χ2n) is 5.64. The Hall–Kier alpha value is -0.380. The van der Waals surface area contributed by atoms with Crippen LogP contribution in [0.25, 0.3) is 0 Å². The van der Waals surface area contributed by atoms with Crippen LogP contribution in [0.15, 0.2) is 11.4 Å². The van der Waals surface area contributed by atoms with Crippen LogP contribution in [0.1, 0.15) is 45.1 Å².